The van der Waals surface area contributed by atoms with Crippen LogP contribution in [0, 0.1) is 0 Å². The largest absolute Gasteiger partial charge is 0.500 e. The van der Waals surface area contributed by atoms with Crippen molar-refractivity contribution >= 4 is 64.0 Å². The third-order valence-corrected chi connectivity index (χ3v) is 14.9. The van der Waals surface area contributed by atoms with Gasteiger partial charge in [0, 0.05) is 54.7 Å². The standard InChI is InChI=1S/2C6H16O3SSi.2C4H9.Sn/c2*1-7-11(8-2,9-3)6-4-5-10;2*1-3-4-2;/h2*10H,4-6H2,1-3H3;2*1,3-4H2,2H3;. The summed E-state index contributed by atoms with van der Waals surface area (Å²) in [5.41, 5.74) is 0. The molecule has 0 aliphatic heterocycles. The van der Waals surface area contributed by atoms with Crippen LogP contribution in [-0.2, 0) is 26.6 Å². The molecule has 0 aliphatic carbocycles. The van der Waals surface area contributed by atoms with E-state index in [0.717, 1.165) is 36.4 Å². The van der Waals surface area contributed by atoms with E-state index in [2.05, 4.69) is 39.1 Å². The molecular weight excluding hydrogens is 575 g/mol. The Morgan fingerprint density at radius 2 is 0.839 bits per heavy atom. The molecule has 0 aromatic heterocycles. The number of thiol groups is 2. The van der Waals surface area contributed by atoms with Crippen molar-refractivity contribution in [2.75, 3.05) is 54.2 Å². The van der Waals surface area contributed by atoms with Gasteiger partial charge < -0.3 is 26.6 Å². The molecule has 31 heavy (non-hydrogen) atoms. The quantitative estimate of drug-likeness (QED) is 0.119. The predicted octanol–water partition coefficient (Wildman–Crippen LogP) is 5.50. The van der Waals surface area contributed by atoms with Gasteiger partial charge in [0.2, 0.25) is 0 Å². The Morgan fingerprint density at radius 3 is 1.03 bits per heavy atom. The molecule has 0 aromatic rings. The number of hydrogen-bond donors (Lipinski definition) is 2. The second-order valence-electron chi connectivity index (χ2n) is 6.70. The van der Waals surface area contributed by atoms with Gasteiger partial charge in [-0.2, -0.15) is 25.3 Å². The maximum absolute atomic E-state index is 5.20. The molecule has 0 fully saturated rings. The first-order valence-corrected chi connectivity index (χ1v) is 20.3. The number of unbranched alkanes of at least 4 members (excludes halogenated alkanes) is 2. The molecular formula is C20H50O6S2Si2Sn. The second-order valence-corrected chi connectivity index (χ2v) is 18.1. The molecule has 0 N–H and O–H groups in total. The average molecular weight is 626 g/mol. The first-order chi connectivity index (χ1) is 14.9. The van der Waals surface area contributed by atoms with Crippen molar-refractivity contribution < 1.29 is 26.6 Å². The Bertz CT molecular complexity index is 296. The van der Waals surface area contributed by atoms with Crippen LogP contribution < -0.4 is 0 Å². The summed E-state index contributed by atoms with van der Waals surface area (Å²) in [5, 5.41) is 0. The number of rotatable bonds is 18. The Morgan fingerprint density at radius 1 is 0.548 bits per heavy atom. The molecule has 6 nitrogen and oxygen atoms in total. The SMILES string of the molecule is CCC[CH2][Sn][CH2]CCC.CO[Si](CCCS)(OC)OC.CO[Si](CCCS)(OC)OC. The third-order valence-electron chi connectivity index (χ3n) is 4.56. The van der Waals surface area contributed by atoms with Crippen molar-refractivity contribution in [3.8, 4) is 0 Å². The maximum atomic E-state index is 5.20. The van der Waals surface area contributed by atoms with Crippen molar-refractivity contribution in [2.45, 2.75) is 73.3 Å². The molecule has 0 saturated carbocycles. The second kappa shape index (κ2) is 27.9. The summed E-state index contributed by atoms with van der Waals surface area (Å²) >= 11 is 8.36. The van der Waals surface area contributed by atoms with Gasteiger partial charge in [-0.15, -0.1) is 0 Å². The van der Waals surface area contributed by atoms with Crippen LogP contribution in [0.3, 0.4) is 0 Å². The van der Waals surface area contributed by atoms with Crippen LogP contribution in [0.1, 0.15) is 52.4 Å². The van der Waals surface area contributed by atoms with Gasteiger partial charge in [0.25, 0.3) is 0 Å². The summed E-state index contributed by atoms with van der Waals surface area (Å²) in [7, 11) is 5.16. The minimum absolute atomic E-state index is 0.149. The van der Waals surface area contributed by atoms with Gasteiger partial charge in [0.1, 0.15) is 0 Å². The molecule has 190 valence electrons. The Labute approximate surface area is 217 Å². The number of hydrogen-bond acceptors (Lipinski definition) is 8. The molecule has 0 atom stereocenters. The third kappa shape index (κ3) is 21.9. The first-order valence-electron chi connectivity index (χ1n) is 11.1. The van der Waals surface area contributed by atoms with Crippen LogP contribution in [0.2, 0.25) is 21.0 Å². The summed E-state index contributed by atoms with van der Waals surface area (Å²) in [4.78, 5) is 0. The van der Waals surface area contributed by atoms with E-state index >= 15 is 0 Å². The van der Waals surface area contributed by atoms with Crippen LogP contribution >= 0.6 is 25.3 Å². The van der Waals surface area contributed by atoms with Crippen molar-refractivity contribution in [1.82, 2.24) is 0 Å². The zero-order valence-corrected chi connectivity index (χ0v) is 28.0. The van der Waals surface area contributed by atoms with Crippen molar-refractivity contribution in [2.24, 2.45) is 0 Å². The fourth-order valence-electron chi connectivity index (χ4n) is 2.43. The minimum Gasteiger partial charge on any atom is -0.377 e. The van der Waals surface area contributed by atoms with E-state index in [1.54, 1.807) is 51.5 Å². The summed E-state index contributed by atoms with van der Waals surface area (Å²) in [6.45, 7) is 4.58. The average Bonchev–Trinajstić information content (AvgIpc) is 2.82. The fraction of sp³-hybridized carbons (Fsp3) is 1.00. The normalized spacial score (nSPS) is 11.4. The monoisotopic (exact) mass is 626 g/mol. The van der Waals surface area contributed by atoms with Crippen LogP contribution in [-0.4, -0.2) is 92.9 Å². The summed E-state index contributed by atoms with van der Waals surface area (Å²) in [6.07, 6.45) is 7.77. The van der Waals surface area contributed by atoms with E-state index in [1.807, 2.05) is 0 Å². The molecule has 0 aliphatic rings. The van der Waals surface area contributed by atoms with E-state index in [0.29, 0.717) is 0 Å². The Kier molecular flexibility index (Phi) is 33.6. The molecule has 0 aromatic carbocycles. The van der Waals surface area contributed by atoms with Gasteiger partial charge in [-0.25, -0.2) is 0 Å². The van der Waals surface area contributed by atoms with Crippen LogP contribution in [0.5, 0.6) is 0 Å². The predicted molar refractivity (Wildman–Crippen MR) is 145 cm³/mol. The topological polar surface area (TPSA) is 55.4 Å². The van der Waals surface area contributed by atoms with Crippen molar-refractivity contribution in [1.29, 1.82) is 0 Å². The molecule has 0 bridgehead atoms. The molecule has 0 amide bonds. The van der Waals surface area contributed by atoms with Gasteiger partial charge in [0.15, 0.2) is 0 Å². The van der Waals surface area contributed by atoms with Gasteiger partial charge in [-0.1, -0.05) is 0 Å². The van der Waals surface area contributed by atoms with Gasteiger partial charge in [-0.05, 0) is 24.3 Å². The van der Waals surface area contributed by atoms with E-state index in [4.69, 9.17) is 26.6 Å². The van der Waals surface area contributed by atoms with Crippen molar-refractivity contribution in [3.05, 3.63) is 0 Å². The molecule has 2 radical (unpaired) electrons. The van der Waals surface area contributed by atoms with Crippen LogP contribution in [0.25, 0.3) is 0 Å². The zero-order valence-electron chi connectivity index (χ0n) is 21.3. The fourth-order valence-corrected chi connectivity index (χ4v) is 10.9. The summed E-state index contributed by atoms with van der Waals surface area (Å²) in [6, 6.07) is 1.67. The Balaban J connectivity index is -0.000000382. The molecule has 0 rings (SSSR count). The van der Waals surface area contributed by atoms with E-state index in [9.17, 15) is 0 Å². The van der Waals surface area contributed by atoms with E-state index < -0.39 is 17.6 Å². The molecule has 0 unspecified atom stereocenters. The van der Waals surface area contributed by atoms with Gasteiger partial charge in [-0.3, -0.25) is 0 Å². The summed E-state index contributed by atoms with van der Waals surface area (Å²) < 4.78 is 34.4. The van der Waals surface area contributed by atoms with E-state index in [1.165, 1.54) is 25.7 Å². The van der Waals surface area contributed by atoms with E-state index in [-0.39, 0.29) is 21.1 Å². The molecule has 11 heteroatoms. The smallest absolute Gasteiger partial charge is 0.377 e. The van der Waals surface area contributed by atoms with Crippen LogP contribution in [0.4, 0.5) is 0 Å². The first kappa shape index (κ1) is 37.2. The van der Waals surface area contributed by atoms with Crippen LogP contribution in [0.15, 0.2) is 0 Å². The molecule has 0 spiro atoms. The Hall–Kier alpha value is 1.69. The molecule has 0 heterocycles. The minimum atomic E-state index is -2.29. The zero-order chi connectivity index (χ0) is 24.4. The van der Waals surface area contributed by atoms with Gasteiger partial charge in [0.05, 0.1) is 0 Å². The van der Waals surface area contributed by atoms with Gasteiger partial charge >= 0.3 is 87.2 Å². The summed E-state index contributed by atoms with van der Waals surface area (Å²) in [5.74, 6) is 1.68. The molecule has 0 saturated heterocycles. The maximum Gasteiger partial charge on any atom is 0.500 e. The van der Waals surface area contributed by atoms with Crippen molar-refractivity contribution in [3.63, 3.8) is 0 Å².